The molecular weight excluding hydrogens is 244 g/mol. The van der Waals surface area contributed by atoms with Gasteiger partial charge in [-0.3, -0.25) is 14.9 Å². The summed E-state index contributed by atoms with van der Waals surface area (Å²) in [5.74, 6) is 0.250. The number of hydrogen-bond donors (Lipinski definition) is 2. The van der Waals surface area contributed by atoms with Crippen LogP contribution in [0, 0.1) is 0 Å². The van der Waals surface area contributed by atoms with Crippen LogP contribution < -0.4 is 11.1 Å². The molecule has 2 heterocycles. The first-order valence-corrected chi connectivity index (χ1v) is 6.08. The molecule has 1 fully saturated rings. The van der Waals surface area contributed by atoms with Gasteiger partial charge in [0.2, 0.25) is 11.8 Å². The average Bonchev–Trinajstić information content (AvgIpc) is 2.68. The maximum absolute atomic E-state index is 11.8. The summed E-state index contributed by atoms with van der Waals surface area (Å²) in [4.78, 5) is 29.4. The van der Waals surface area contributed by atoms with Crippen molar-refractivity contribution in [1.82, 2.24) is 10.2 Å². The molecule has 2 aliphatic heterocycles. The van der Waals surface area contributed by atoms with Crippen LogP contribution in [0.25, 0.3) is 0 Å². The Balaban J connectivity index is 1.94. The van der Waals surface area contributed by atoms with E-state index in [-0.39, 0.29) is 18.2 Å². The van der Waals surface area contributed by atoms with Crippen molar-refractivity contribution < 1.29 is 9.59 Å². The van der Waals surface area contributed by atoms with Crippen LogP contribution in [0.2, 0.25) is 0 Å². The van der Waals surface area contributed by atoms with Crippen LogP contribution >= 0.6 is 0 Å². The number of nitrogen functional groups attached to an aromatic ring is 1. The van der Waals surface area contributed by atoms with Crippen molar-refractivity contribution >= 4 is 29.0 Å². The zero-order valence-corrected chi connectivity index (χ0v) is 10.5. The Morgan fingerprint density at radius 2 is 2.21 bits per heavy atom. The van der Waals surface area contributed by atoms with Crippen molar-refractivity contribution in [2.24, 2.45) is 4.99 Å². The van der Waals surface area contributed by atoms with E-state index in [0.29, 0.717) is 12.2 Å². The molecule has 1 atom stereocenters. The maximum atomic E-state index is 11.8. The highest BCUT2D eigenvalue weighted by molar-refractivity contribution is 6.07. The summed E-state index contributed by atoms with van der Waals surface area (Å²) >= 11 is 0. The van der Waals surface area contributed by atoms with E-state index in [4.69, 9.17) is 5.73 Å². The molecule has 6 heteroatoms. The number of amides is 2. The first kappa shape index (κ1) is 11.7. The number of nitrogens with one attached hydrogen (secondary N) is 1. The Bertz CT molecular complexity index is 609. The Morgan fingerprint density at radius 3 is 2.89 bits per heavy atom. The van der Waals surface area contributed by atoms with Crippen LogP contribution in [0.15, 0.2) is 23.2 Å². The highest BCUT2D eigenvalue weighted by Gasteiger charge is 2.37. The van der Waals surface area contributed by atoms with Gasteiger partial charge in [-0.1, -0.05) is 0 Å². The molecule has 3 rings (SSSR count). The summed E-state index contributed by atoms with van der Waals surface area (Å²) in [6, 6.07) is 5.06. The highest BCUT2D eigenvalue weighted by Crippen LogP contribution is 2.30. The number of hydrogen-bond acceptors (Lipinski definition) is 5. The van der Waals surface area contributed by atoms with Crippen molar-refractivity contribution in [3.8, 4) is 0 Å². The monoisotopic (exact) mass is 258 g/mol. The summed E-state index contributed by atoms with van der Waals surface area (Å²) in [7, 11) is 0. The van der Waals surface area contributed by atoms with Crippen LogP contribution in [-0.2, 0) is 16.1 Å². The fraction of sp³-hybridized carbons (Fsp3) is 0.308. The molecule has 3 N–H and O–H groups in total. The largest absolute Gasteiger partial charge is 0.399 e. The first-order valence-electron chi connectivity index (χ1n) is 6.08. The topological polar surface area (TPSA) is 87.8 Å². The molecule has 1 aromatic rings. The number of benzene rings is 1. The summed E-state index contributed by atoms with van der Waals surface area (Å²) in [5.41, 5.74) is 8.27. The molecule has 0 saturated carbocycles. The fourth-order valence-electron chi connectivity index (χ4n) is 2.51. The molecule has 1 unspecified atom stereocenters. The van der Waals surface area contributed by atoms with Gasteiger partial charge in [-0.15, -0.1) is 0 Å². The number of carbonyl (C=O) groups excluding carboxylic acids is 2. The minimum Gasteiger partial charge on any atom is -0.399 e. The van der Waals surface area contributed by atoms with Crippen molar-refractivity contribution in [3.05, 3.63) is 23.8 Å². The summed E-state index contributed by atoms with van der Waals surface area (Å²) in [6.45, 7) is 2.39. The van der Waals surface area contributed by atoms with E-state index in [1.165, 1.54) is 0 Å². The average molecular weight is 258 g/mol. The molecule has 19 heavy (non-hydrogen) atoms. The van der Waals surface area contributed by atoms with Gasteiger partial charge in [0.1, 0.15) is 11.9 Å². The second-order valence-corrected chi connectivity index (χ2v) is 4.81. The van der Waals surface area contributed by atoms with Gasteiger partial charge >= 0.3 is 0 Å². The molecule has 0 radical (unpaired) electrons. The van der Waals surface area contributed by atoms with E-state index in [2.05, 4.69) is 10.3 Å². The molecule has 98 valence electrons. The van der Waals surface area contributed by atoms with Gasteiger partial charge in [0, 0.05) is 12.2 Å². The van der Waals surface area contributed by atoms with Crippen molar-refractivity contribution in [1.29, 1.82) is 0 Å². The lowest BCUT2D eigenvalue weighted by Crippen LogP contribution is -2.44. The summed E-state index contributed by atoms with van der Waals surface area (Å²) in [5, 5.41) is 2.32. The van der Waals surface area contributed by atoms with Crippen LogP contribution in [0.1, 0.15) is 18.9 Å². The number of carbonyl (C=O) groups is 2. The number of aliphatic imine (C=N–C) groups is 1. The lowest BCUT2D eigenvalue weighted by atomic mass is 10.1. The lowest BCUT2D eigenvalue weighted by Gasteiger charge is -2.32. The highest BCUT2D eigenvalue weighted by atomic mass is 16.2. The van der Waals surface area contributed by atoms with E-state index in [1.807, 2.05) is 24.0 Å². The van der Waals surface area contributed by atoms with Gasteiger partial charge < -0.3 is 10.6 Å². The Kier molecular flexibility index (Phi) is 2.51. The predicted octanol–water partition coefficient (Wildman–Crippen LogP) is 0.549. The second kappa shape index (κ2) is 4.08. The van der Waals surface area contributed by atoms with Gasteiger partial charge in [-0.2, -0.15) is 0 Å². The molecule has 2 amide bonds. The van der Waals surface area contributed by atoms with Gasteiger partial charge in [0.25, 0.3) is 0 Å². The van der Waals surface area contributed by atoms with Crippen molar-refractivity contribution in [2.45, 2.75) is 25.9 Å². The third-order valence-corrected chi connectivity index (χ3v) is 3.46. The zero-order valence-electron chi connectivity index (χ0n) is 10.5. The normalized spacial score (nSPS) is 22.1. The Hall–Kier alpha value is -2.37. The van der Waals surface area contributed by atoms with E-state index in [1.54, 1.807) is 6.07 Å². The van der Waals surface area contributed by atoms with Crippen LogP contribution in [0.3, 0.4) is 0 Å². The van der Waals surface area contributed by atoms with E-state index in [9.17, 15) is 9.59 Å². The number of imide groups is 1. The van der Waals surface area contributed by atoms with Gasteiger partial charge in [-0.05, 0) is 30.7 Å². The standard InChI is InChI=1S/C13H14N4O2/c1-7-15-10-3-2-9(14)4-8(10)6-17(7)11-5-12(18)16-13(11)19/h2-4,11H,5-6,14H2,1H3,(H,16,18,19). The molecule has 1 saturated heterocycles. The SMILES string of the molecule is CC1=Nc2ccc(N)cc2CN1C1CC(=O)NC1=O. The lowest BCUT2D eigenvalue weighted by molar-refractivity contribution is -0.125. The first-order chi connectivity index (χ1) is 9.04. The number of rotatable bonds is 1. The fourth-order valence-corrected chi connectivity index (χ4v) is 2.51. The van der Waals surface area contributed by atoms with Gasteiger partial charge in [-0.25, -0.2) is 4.99 Å². The van der Waals surface area contributed by atoms with Crippen LogP contribution in [0.5, 0.6) is 0 Å². The third-order valence-electron chi connectivity index (χ3n) is 3.46. The second-order valence-electron chi connectivity index (χ2n) is 4.81. The molecule has 6 nitrogen and oxygen atoms in total. The Morgan fingerprint density at radius 1 is 1.42 bits per heavy atom. The zero-order chi connectivity index (χ0) is 13.6. The molecular formula is C13H14N4O2. The molecule has 0 aromatic heterocycles. The van der Waals surface area contributed by atoms with Gasteiger partial charge in [0.05, 0.1) is 12.1 Å². The molecule has 0 spiro atoms. The van der Waals surface area contributed by atoms with E-state index >= 15 is 0 Å². The van der Waals surface area contributed by atoms with Gasteiger partial charge in [0.15, 0.2) is 0 Å². The minimum absolute atomic E-state index is 0.184. The summed E-state index contributed by atoms with van der Waals surface area (Å²) in [6.07, 6.45) is 0.184. The molecule has 2 aliphatic rings. The summed E-state index contributed by atoms with van der Waals surface area (Å²) < 4.78 is 0. The minimum atomic E-state index is -0.467. The van der Waals surface area contributed by atoms with E-state index < -0.39 is 6.04 Å². The molecule has 1 aromatic carbocycles. The predicted molar refractivity (Wildman–Crippen MR) is 70.7 cm³/mol. The third kappa shape index (κ3) is 1.95. The number of nitrogens with zero attached hydrogens (tertiary/aromatic N) is 2. The van der Waals surface area contributed by atoms with Crippen molar-refractivity contribution in [2.75, 3.05) is 5.73 Å². The van der Waals surface area contributed by atoms with E-state index in [0.717, 1.165) is 17.1 Å². The van der Waals surface area contributed by atoms with Crippen LogP contribution in [0.4, 0.5) is 11.4 Å². The maximum Gasteiger partial charge on any atom is 0.249 e. The molecule has 0 bridgehead atoms. The van der Waals surface area contributed by atoms with Crippen LogP contribution in [-0.4, -0.2) is 28.6 Å². The quantitative estimate of drug-likeness (QED) is 0.568. The number of fused-ring (bicyclic) bond motifs is 1. The number of amidine groups is 1. The Labute approximate surface area is 110 Å². The number of anilines is 1. The number of nitrogens with two attached hydrogens (primary N) is 1. The van der Waals surface area contributed by atoms with Crippen molar-refractivity contribution in [3.63, 3.8) is 0 Å². The molecule has 0 aliphatic carbocycles. The smallest absolute Gasteiger partial charge is 0.249 e.